The fourth-order valence-corrected chi connectivity index (χ4v) is 2.42. The molecule has 0 atom stereocenters. The van der Waals surface area contributed by atoms with Gasteiger partial charge in [0.2, 0.25) is 0 Å². The summed E-state index contributed by atoms with van der Waals surface area (Å²) < 4.78 is 1.87. The van der Waals surface area contributed by atoms with Crippen LogP contribution in [-0.2, 0) is 6.54 Å². The maximum absolute atomic E-state index is 10.9. The Bertz CT molecular complexity index is 337. The van der Waals surface area contributed by atoms with Crippen molar-refractivity contribution >= 4 is 5.97 Å². The number of carboxylic acid groups (broad SMARTS) is 1. The SMILES string of the molecule is O=C(O)c1cccn1CC1CCCCC1. The molecule has 15 heavy (non-hydrogen) atoms. The Labute approximate surface area is 89.7 Å². The second-order valence-electron chi connectivity index (χ2n) is 4.35. The highest BCUT2D eigenvalue weighted by molar-refractivity contribution is 5.85. The Hall–Kier alpha value is -1.25. The van der Waals surface area contributed by atoms with E-state index in [-0.39, 0.29) is 0 Å². The highest BCUT2D eigenvalue weighted by atomic mass is 16.4. The predicted molar refractivity (Wildman–Crippen MR) is 58.0 cm³/mol. The van der Waals surface area contributed by atoms with Gasteiger partial charge in [0.05, 0.1) is 0 Å². The Morgan fingerprint density at radius 2 is 2.13 bits per heavy atom. The molecule has 1 heterocycles. The van der Waals surface area contributed by atoms with Crippen LogP contribution in [0.2, 0.25) is 0 Å². The van der Waals surface area contributed by atoms with E-state index in [9.17, 15) is 4.79 Å². The lowest BCUT2D eigenvalue weighted by atomic mass is 9.89. The molecule has 0 aliphatic heterocycles. The maximum atomic E-state index is 10.9. The van der Waals surface area contributed by atoms with E-state index in [4.69, 9.17) is 5.11 Å². The van der Waals surface area contributed by atoms with Gasteiger partial charge in [0, 0.05) is 12.7 Å². The van der Waals surface area contributed by atoms with Crippen LogP contribution in [0, 0.1) is 5.92 Å². The zero-order valence-corrected chi connectivity index (χ0v) is 8.85. The molecule has 3 nitrogen and oxygen atoms in total. The lowest BCUT2D eigenvalue weighted by molar-refractivity contribution is 0.0683. The number of aromatic nitrogens is 1. The second-order valence-corrected chi connectivity index (χ2v) is 4.35. The summed E-state index contributed by atoms with van der Waals surface area (Å²) >= 11 is 0. The number of rotatable bonds is 3. The molecule has 1 N–H and O–H groups in total. The quantitative estimate of drug-likeness (QED) is 0.828. The van der Waals surface area contributed by atoms with Crippen molar-refractivity contribution in [3.63, 3.8) is 0 Å². The van der Waals surface area contributed by atoms with Crippen molar-refractivity contribution < 1.29 is 9.90 Å². The number of carbonyl (C=O) groups is 1. The number of hydrogen-bond donors (Lipinski definition) is 1. The molecule has 82 valence electrons. The average Bonchev–Trinajstić information content (AvgIpc) is 2.67. The first kappa shape index (κ1) is 10.3. The molecule has 3 heteroatoms. The highest BCUT2D eigenvalue weighted by Crippen LogP contribution is 2.25. The van der Waals surface area contributed by atoms with Crippen molar-refractivity contribution in [1.82, 2.24) is 4.57 Å². The molecular weight excluding hydrogens is 190 g/mol. The first-order valence-corrected chi connectivity index (χ1v) is 5.66. The molecule has 0 bridgehead atoms. The van der Waals surface area contributed by atoms with Gasteiger partial charge in [-0.15, -0.1) is 0 Å². The van der Waals surface area contributed by atoms with Crippen LogP contribution in [0.3, 0.4) is 0 Å². The zero-order chi connectivity index (χ0) is 10.7. The maximum Gasteiger partial charge on any atom is 0.352 e. The molecule has 1 aliphatic rings. The summed E-state index contributed by atoms with van der Waals surface area (Å²) in [5.41, 5.74) is 0.417. The first-order valence-electron chi connectivity index (χ1n) is 5.66. The molecule has 0 spiro atoms. The second kappa shape index (κ2) is 4.51. The molecule has 1 saturated carbocycles. The summed E-state index contributed by atoms with van der Waals surface area (Å²) in [6.07, 6.45) is 8.31. The van der Waals surface area contributed by atoms with Gasteiger partial charge in [-0.2, -0.15) is 0 Å². The predicted octanol–water partition coefficient (Wildman–Crippen LogP) is 2.77. The molecule has 1 aromatic rings. The molecular formula is C12H17NO2. The fourth-order valence-electron chi connectivity index (χ4n) is 2.42. The summed E-state index contributed by atoms with van der Waals surface area (Å²) in [5.74, 6) is -0.153. The number of aromatic carboxylic acids is 1. The largest absolute Gasteiger partial charge is 0.477 e. The Morgan fingerprint density at radius 1 is 1.40 bits per heavy atom. The van der Waals surface area contributed by atoms with E-state index < -0.39 is 5.97 Å². The van der Waals surface area contributed by atoms with Crippen LogP contribution >= 0.6 is 0 Å². The van der Waals surface area contributed by atoms with Crippen molar-refractivity contribution in [3.8, 4) is 0 Å². The van der Waals surface area contributed by atoms with Crippen LogP contribution in [0.1, 0.15) is 42.6 Å². The Balaban J connectivity index is 2.03. The number of carboxylic acids is 1. The molecule has 1 aliphatic carbocycles. The average molecular weight is 207 g/mol. The van der Waals surface area contributed by atoms with Gasteiger partial charge >= 0.3 is 5.97 Å². The van der Waals surface area contributed by atoms with Crippen LogP contribution in [0.25, 0.3) is 0 Å². The van der Waals surface area contributed by atoms with Gasteiger partial charge in [-0.1, -0.05) is 19.3 Å². The highest BCUT2D eigenvalue weighted by Gasteiger charge is 2.16. The first-order chi connectivity index (χ1) is 7.27. The van der Waals surface area contributed by atoms with Crippen LogP contribution < -0.4 is 0 Å². The lowest BCUT2D eigenvalue weighted by Gasteiger charge is -2.22. The minimum Gasteiger partial charge on any atom is -0.477 e. The third kappa shape index (κ3) is 2.41. The van der Waals surface area contributed by atoms with E-state index in [1.165, 1.54) is 32.1 Å². The van der Waals surface area contributed by atoms with Crippen molar-refractivity contribution in [2.45, 2.75) is 38.6 Å². The molecule has 1 fully saturated rings. The molecule has 1 aromatic heterocycles. The van der Waals surface area contributed by atoms with Crippen molar-refractivity contribution in [2.24, 2.45) is 5.92 Å². The van der Waals surface area contributed by atoms with Crippen molar-refractivity contribution in [3.05, 3.63) is 24.0 Å². The molecule has 0 aromatic carbocycles. The fraction of sp³-hybridized carbons (Fsp3) is 0.583. The Morgan fingerprint density at radius 3 is 2.80 bits per heavy atom. The third-order valence-electron chi connectivity index (χ3n) is 3.23. The van der Waals surface area contributed by atoms with Crippen LogP contribution in [0.4, 0.5) is 0 Å². The van der Waals surface area contributed by atoms with Gasteiger partial charge in [-0.25, -0.2) is 4.79 Å². The smallest absolute Gasteiger partial charge is 0.352 e. The normalized spacial score (nSPS) is 17.9. The van der Waals surface area contributed by atoms with E-state index in [0.717, 1.165) is 6.54 Å². The monoisotopic (exact) mass is 207 g/mol. The topological polar surface area (TPSA) is 42.2 Å². The van der Waals surface area contributed by atoms with E-state index in [2.05, 4.69) is 0 Å². The summed E-state index contributed by atoms with van der Waals surface area (Å²) in [4.78, 5) is 10.9. The van der Waals surface area contributed by atoms with E-state index in [1.54, 1.807) is 6.07 Å². The van der Waals surface area contributed by atoms with Crippen LogP contribution in [0.5, 0.6) is 0 Å². The number of hydrogen-bond acceptors (Lipinski definition) is 1. The molecule has 0 radical (unpaired) electrons. The molecule has 0 unspecified atom stereocenters. The van der Waals surface area contributed by atoms with Crippen LogP contribution in [0.15, 0.2) is 18.3 Å². The van der Waals surface area contributed by atoms with Gasteiger partial charge in [-0.3, -0.25) is 0 Å². The zero-order valence-electron chi connectivity index (χ0n) is 8.85. The summed E-state index contributed by atoms with van der Waals surface area (Å²) in [7, 11) is 0. The van der Waals surface area contributed by atoms with E-state index in [1.807, 2.05) is 16.8 Å². The minimum atomic E-state index is -0.823. The van der Waals surface area contributed by atoms with Gasteiger partial charge in [0.15, 0.2) is 0 Å². The molecule has 2 rings (SSSR count). The van der Waals surface area contributed by atoms with Gasteiger partial charge in [0.25, 0.3) is 0 Å². The molecule has 0 amide bonds. The number of nitrogens with zero attached hydrogens (tertiary/aromatic N) is 1. The lowest BCUT2D eigenvalue weighted by Crippen LogP contribution is -2.16. The van der Waals surface area contributed by atoms with E-state index >= 15 is 0 Å². The molecule has 0 saturated heterocycles. The summed E-state index contributed by atoms with van der Waals surface area (Å²) in [6.45, 7) is 0.870. The standard InChI is InChI=1S/C12H17NO2/c14-12(15)11-7-4-8-13(11)9-10-5-2-1-3-6-10/h4,7-8,10H,1-3,5-6,9H2,(H,14,15). The summed E-state index contributed by atoms with van der Waals surface area (Å²) in [5, 5.41) is 8.96. The summed E-state index contributed by atoms with van der Waals surface area (Å²) in [6, 6.07) is 3.48. The van der Waals surface area contributed by atoms with E-state index in [0.29, 0.717) is 11.6 Å². The Kier molecular flexibility index (Phi) is 3.09. The van der Waals surface area contributed by atoms with Crippen LogP contribution in [-0.4, -0.2) is 15.6 Å². The van der Waals surface area contributed by atoms with Gasteiger partial charge in [-0.05, 0) is 30.9 Å². The van der Waals surface area contributed by atoms with Crippen molar-refractivity contribution in [1.29, 1.82) is 0 Å². The third-order valence-corrected chi connectivity index (χ3v) is 3.23. The van der Waals surface area contributed by atoms with Gasteiger partial charge in [0.1, 0.15) is 5.69 Å². The van der Waals surface area contributed by atoms with Gasteiger partial charge < -0.3 is 9.67 Å². The minimum absolute atomic E-state index is 0.417. The van der Waals surface area contributed by atoms with Crippen molar-refractivity contribution in [2.75, 3.05) is 0 Å².